The number of likely N-dealkylation sites (N-methyl/N-ethyl adjacent to an activating group) is 1. The Labute approximate surface area is 154 Å². The first-order valence-corrected chi connectivity index (χ1v) is 8.23. The Balaban J connectivity index is 0. The number of hydrogen-bond acceptors (Lipinski definition) is 3. The number of aliphatic imine (C=N–C) groups is 1. The molecule has 5 nitrogen and oxygen atoms in total. The predicted octanol–water partition coefficient (Wildman–Crippen LogP) is 2.56. The first kappa shape index (κ1) is 24.2. The number of guanidine groups is 1. The summed E-state index contributed by atoms with van der Waals surface area (Å²) in [5.41, 5.74) is 0. The van der Waals surface area contributed by atoms with E-state index in [1.807, 2.05) is 0 Å². The molecule has 0 aliphatic heterocycles. The first-order valence-electron chi connectivity index (χ1n) is 8.23. The van der Waals surface area contributed by atoms with Gasteiger partial charge in [0, 0.05) is 39.3 Å². The zero-order valence-corrected chi connectivity index (χ0v) is 17.6. The van der Waals surface area contributed by atoms with Crippen molar-refractivity contribution >= 4 is 29.9 Å². The average Bonchev–Trinajstić information content (AvgIpc) is 2.47. The normalized spacial score (nSPS) is 13.2. The standard InChI is InChI=1S/C16H36N4O.HI/c1-7-15(4)20(6)11-9-18-16(17-5)19-10-13-21-12-8-14(2)3;/h14-15H,7-13H2,1-6H3,(H2,17,18,19);1H. The Kier molecular flexibility index (Phi) is 17.4. The second kappa shape index (κ2) is 15.8. The molecule has 0 fully saturated rings. The van der Waals surface area contributed by atoms with Crippen LogP contribution >= 0.6 is 24.0 Å². The number of nitrogens with one attached hydrogen (secondary N) is 2. The number of halogens is 1. The molecule has 0 aliphatic rings. The molecule has 2 N–H and O–H groups in total. The molecule has 22 heavy (non-hydrogen) atoms. The topological polar surface area (TPSA) is 48.9 Å². The number of hydrogen-bond donors (Lipinski definition) is 2. The fourth-order valence-corrected chi connectivity index (χ4v) is 1.77. The van der Waals surface area contributed by atoms with Gasteiger partial charge in [-0.05, 0) is 32.7 Å². The molecule has 0 spiro atoms. The third kappa shape index (κ3) is 13.6. The van der Waals surface area contributed by atoms with Crippen molar-refractivity contribution in [2.24, 2.45) is 10.9 Å². The minimum Gasteiger partial charge on any atom is -0.380 e. The van der Waals surface area contributed by atoms with Gasteiger partial charge in [-0.15, -0.1) is 24.0 Å². The van der Waals surface area contributed by atoms with Gasteiger partial charge < -0.3 is 20.3 Å². The molecule has 1 atom stereocenters. The predicted molar refractivity (Wildman–Crippen MR) is 107 cm³/mol. The van der Waals surface area contributed by atoms with E-state index < -0.39 is 0 Å². The largest absolute Gasteiger partial charge is 0.380 e. The van der Waals surface area contributed by atoms with Gasteiger partial charge in [-0.3, -0.25) is 4.99 Å². The lowest BCUT2D eigenvalue weighted by atomic mass is 10.1. The molecule has 0 aliphatic carbocycles. The molecule has 0 aromatic heterocycles. The van der Waals surface area contributed by atoms with Crippen LogP contribution in [0.5, 0.6) is 0 Å². The zero-order chi connectivity index (χ0) is 16.1. The van der Waals surface area contributed by atoms with Gasteiger partial charge in [-0.25, -0.2) is 0 Å². The average molecular weight is 428 g/mol. The molecule has 0 aromatic carbocycles. The van der Waals surface area contributed by atoms with E-state index >= 15 is 0 Å². The molecule has 6 heteroatoms. The lowest BCUT2D eigenvalue weighted by molar-refractivity contribution is 0.128. The summed E-state index contributed by atoms with van der Waals surface area (Å²) in [7, 11) is 3.96. The van der Waals surface area contributed by atoms with E-state index in [9.17, 15) is 0 Å². The summed E-state index contributed by atoms with van der Waals surface area (Å²) in [6, 6.07) is 0.621. The monoisotopic (exact) mass is 428 g/mol. The summed E-state index contributed by atoms with van der Waals surface area (Å²) >= 11 is 0. The second-order valence-corrected chi connectivity index (χ2v) is 5.96. The van der Waals surface area contributed by atoms with E-state index in [1.165, 1.54) is 6.42 Å². The Bertz CT molecular complexity index is 275. The lowest BCUT2D eigenvalue weighted by Gasteiger charge is -2.24. The van der Waals surface area contributed by atoms with Gasteiger partial charge in [0.15, 0.2) is 5.96 Å². The second-order valence-electron chi connectivity index (χ2n) is 5.96. The van der Waals surface area contributed by atoms with Crippen molar-refractivity contribution in [3.05, 3.63) is 0 Å². The lowest BCUT2D eigenvalue weighted by Crippen LogP contribution is -2.43. The molecule has 0 saturated heterocycles. The molecule has 0 amide bonds. The fraction of sp³-hybridized carbons (Fsp3) is 0.938. The fourth-order valence-electron chi connectivity index (χ4n) is 1.77. The smallest absolute Gasteiger partial charge is 0.191 e. The molecule has 1 unspecified atom stereocenters. The van der Waals surface area contributed by atoms with Crippen molar-refractivity contribution in [2.75, 3.05) is 46.9 Å². The number of ether oxygens (including phenoxy) is 1. The van der Waals surface area contributed by atoms with Crippen LogP contribution in [-0.4, -0.2) is 63.8 Å². The highest BCUT2D eigenvalue weighted by Gasteiger charge is 2.06. The van der Waals surface area contributed by atoms with Crippen molar-refractivity contribution in [3.8, 4) is 0 Å². The van der Waals surface area contributed by atoms with Crippen LogP contribution in [0.2, 0.25) is 0 Å². The third-order valence-electron chi connectivity index (χ3n) is 3.70. The van der Waals surface area contributed by atoms with Gasteiger partial charge in [0.05, 0.1) is 6.61 Å². The first-order chi connectivity index (χ1) is 10.0. The molecule has 0 radical (unpaired) electrons. The van der Waals surface area contributed by atoms with Crippen molar-refractivity contribution in [1.82, 2.24) is 15.5 Å². The molecule has 0 rings (SSSR count). The summed E-state index contributed by atoms with van der Waals surface area (Å²) in [6.07, 6.45) is 2.30. The summed E-state index contributed by atoms with van der Waals surface area (Å²) in [4.78, 5) is 6.57. The van der Waals surface area contributed by atoms with Crippen molar-refractivity contribution in [2.45, 2.75) is 46.6 Å². The molecule has 134 valence electrons. The van der Waals surface area contributed by atoms with Crippen LogP contribution in [0, 0.1) is 5.92 Å². The maximum atomic E-state index is 5.57. The maximum Gasteiger partial charge on any atom is 0.191 e. The van der Waals surface area contributed by atoms with Crippen LogP contribution in [0.3, 0.4) is 0 Å². The zero-order valence-electron chi connectivity index (χ0n) is 15.3. The van der Waals surface area contributed by atoms with Crippen molar-refractivity contribution in [1.29, 1.82) is 0 Å². The van der Waals surface area contributed by atoms with Gasteiger partial charge in [-0.2, -0.15) is 0 Å². The van der Waals surface area contributed by atoms with Gasteiger partial charge in [0.1, 0.15) is 0 Å². The van der Waals surface area contributed by atoms with E-state index in [4.69, 9.17) is 4.74 Å². The van der Waals surface area contributed by atoms with E-state index in [0.29, 0.717) is 12.0 Å². The van der Waals surface area contributed by atoms with Crippen LogP contribution in [-0.2, 0) is 4.74 Å². The van der Waals surface area contributed by atoms with Crippen LogP contribution in [0.4, 0.5) is 0 Å². The molecule has 0 bridgehead atoms. The number of nitrogens with zero attached hydrogens (tertiary/aromatic N) is 2. The molecule has 0 heterocycles. The van der Waals surface area contributed by atoms with Crippen molar-refractivity contribution < 1.29 is 4.74 Å². The van der Waals surface area contributed by atoms with Gasteiger partial charge >= 0.3 is 0 Å². The molecular formula is C16H37IN4O. The van der Waals surface area contributed by atoms with Gasteiger partial charge in [-0.1, -0.05) is 20.8 Å². The molecule has 0 aromatic rings. The minimum absolute atomic E-state index is 0. The highest BCUT2D eigenvalue weighted by Crippen LogP contribution is 1.98. The summed E-state index contributed by atoms with van der Waals surface area (Å²) in [5.74, 6) is 1.55. The maximum absolute atomic E-state index is 5.57. The van der Waals surface area contributed by atoms with Gasteiger partial charge in [0.25, 0.3) is 0 Å². The van der Waals surface area contributed by atoms with Gasteiger partial charge in [0.2, 0.25) is 0 Å². The van der Waals surface area contributed by atoms with E-state index in [0.717, 1.165) is 45.2 Å². The summed E-state index contributed by atoms with van der Waals surface area (Å²) < 4.78 is 5.57. The third-order valence-corrected chi connectivity index (χ3v) is 3.70. The van der Waals surface area contributed by atoms with E-state index in [2.05, 4.69) is 55.3 Å². The Morgan fingerprint density at radius 1 is 1.14 bits per heavy atom. The van der Waals surface area contributed by atoms with Crippen LogP contribution in [0.15, 0.2) is 4.99 Å². The highest BCUT2D eigenvalue weighted by molar-refractivity contribution is 14.0. The minimum atomic E-state index is 0. The molecule has 0 saturated carbocycles. The Morgan fingerprint density at radius 3 is 2.32 bits per heavy atom. The summed E-state index contributed by atoms with van der Waals surface area (Å²) in [6.45, 7) is 13.2. The van der Waals surface area contributed by atoms with E-state index in [1.54, 1.807) is 7.05 Å². The van der Waals surface area contributed by atoms with E-state index in [-0.39, 0.29) is 24.0 Å². The Morgan fingerprint density at radius 2 is 1.77 bits per heavy atom. The van der Waals surface area contributed by atoms with Crippen molar-refractivity contribution in [3.63, 3.8) is 0 Å². The highest BCUT2D eigenvalue weighted by atomic mass is 127. The van der Waals surface area contributed by atoms with Crippen LogP contribution in [0.25, 0.3) is 0 Å². The van der Waals surface area contributed by atoms with Crippen LogP contribution < -0.4 is 10.6 Å². The van der Waals surface area contributed by atoms with Crippen LogP contribution in [0.1, 0.15) is 40.5 Å². The number of rotatable bonds is 11. The Hall–Kier alpha value is -0.0800. The SMILES string of the molecule is CCC(C)N(C)CCNC(=NC)NCCOCCC(C)C.I. The molecular weight excluding hydrogens is 391 g/mol. The summed E-state index contributed by atoms with van der Waals surface area (Å²) in [5, 5.41) is 6.60. The quantitative estimate of drug-likeness (QED) is 0.230.